The molecule has 0 aromatic heterocycles. The van der Waals surface area contributed by atoms with E-state index < -0.39 is 20.6 Å². The van der Waals surface area contributed by atoms with Crippen molar-refractivity contribution >= 4 is 27.3 Å². The second kappa shape index (κ2) is 7.57. The molecule has 1 saturated heterocycles. The first-order valence-corrected chi connectivity index (χ1v) is 9.36. The maximum Gasteiger partial charge on any atom is 0.289 e. The average molecular weight is 362 g/mol. The van der Waals surface area contributed by atoms with Crippen molar-refractivity contribution in [1.29, 1.82) is 0 Å². The molecule has 0 aliphatic carbocycles. The number of nitro benzene ring substituents is 1. The smallest absolute Gasteiger partial charge is 0.289 e. The minimum Gasteiger partial charge on any atom is -0.317 e. The van der Waals surface area contributed by atoms with Gasteiger partial charge < -0.3 is 5.32 Å². The Labute approximate surface area is 140 Å². The molecule has 0 radical (unpaired) electrons. The summed E-state index contributed by atoms with van der Waals surface area (Å²) in [4.78, 5) is 10.2. The van der Waals surface area contributed by atoms with Crippen molar-refractivity contribution in [2.24, 2.45) is 0 Å². The Balaban J connectivity index is 2.49. The van der Waals surface area contributed by atoms with E-state index in [1.807, 2.05) is 6.92 Å². The highest BCUT2D eigenvalue weighted by Gasteiger charge is 2.36. The highest BCUT2D eigenvalue weighted by atomic mass is 35.5. The third kappa shape index (κ3) is 4.00. The molecule has 0 saturated carbocycles. The zero-order valence-corrected chi connectivity index (χ0v) is 14.4. The Hall–Kier alpha value is -1.22. The predicted molar refractivity (Wildman–Crippen MR) is 88.2 cm³/mol. The molecule has 1 aromatic carbocycles. The molecule has 0 spiro atoms. The largest absolute Gasteiger partial charge is 0.317 e. The summed E-state index contributed by atoms with van der Waals surface area (Å²) >= 11 is 5.88. The van der Waals surface area contributed by atoms with Crippen LogP contribution in [0.3, 0.4) is 0 Å². The number of benzene rings is 1. The molecular formula is C14H20ClN3O4S. The minimum absolute atomic E-state index is 0.153. The fourth-order valence-corrected chi connectivity index (χ4v) is 4.98. The van der Waals surface area contributed by atoms with E-state index in [1.54, 1.807) is 0 Å². The molecule has 0 unspecified atom stereocenters. The number of hydrogen-bond acceptors (Lipinski definition) is 5. The summed E-state index contributed by atoms with van der Waals surface area (Å²) in [5.41, 5.74) is -0.440. The number of rotatable bonds is 6. The van der Waals surface area contributed by atoms with Crippen molar-refractivity contribution in [3.8, 4) is 0 Å². The summed E-state index contributed by atoms with van der Waals surface area (Å²) in [6, 6.07) is 3.48. The molecule has 1 aliphatic heterocycles. The van der Waals surface area contributed by atoms with Gasteiger partial charge in [0.1, 0.15) is 0 Å². The lowest BCUT2D eigenvalue weighted by Gasteiger charge is -2.33. The van der Waals surface area contributed by atoms with Gasteiger partial charge in [0.25, 0.3) is 5.69 Å². The van der Waals surface area contributed by atoms with Crippen LogP contribution in [0.1, 0.15) is 26.2 Å². The normalized spacial score (nSPS) is 16.7. The molecule has 0 amide bonds. The lowest BCUT2D eigenvalue weighted by atomic mass is 10.1. The van der Waals surface area contributed by atoms with Crippen LogP contribution in [0, 0.1) is 10.1 Å². The summed E-state index contributed by atoms with van der Waals surface area (Å²) in [6.45, 7) is 3.68. The van der Waals surface area contributed by atoms with Gasteiger partial charge in [-0.05, 0) is 44.5 Å². The van der Waals surface area contributed by atoms with Crippen LogP contribution in [0.15, 0.2) is 23.1 Å². The third-order valence-electron chi connectivity index (χ3n) is 3.87. The average Bonchev–Trinajstić information content (AvgIpc) is 2.53. The van der Waals surface area contributed by atoms with Crippen LogP contribution in [0.2, 0.25) is 5.02 Å². The molecular weight excluding hydrogens is 342 g/mol. The highest BCUT2D eigenvalue weighted by Crippen LogP contribution is 2.31. The van der Waals surface area contributed by atoms with Crippen LogP contribution >= 0.6 is 11.6 Å². The van der Waals surface area contributed by atoms with E-state index >= 15 is 0 Å². The van der Waals surface area contributed by atoms with Crippen LogP contribution in [-0.4, -0.2) is 43.3 Å². The molecule has 1 N–H and O–H groups in total. The fraction of sp³-hybridized carbons (Fsp3) is 0.571. The molecule has 1 fully saturated rings. The van der Waals surface area contributed by atoms with Gasteiger partial charge in [-0.2, -0.15) is 4.31 Å². The van der Waals surface area contributed by atoms with E-state index in [4.69, 9.17) is 11.6 Å². The monoisotopic (exact) mass is 361 g/mol. The van der Waals surface area contributed by atoms with E-state index in [0.29, 0.717) is 25.8 Å². The summed E-state index contributed by atoms with van der Waals surface area (Å²) < 4.78 is 27.5. The summed E-state index contributed by atoms with van der Waals surface area (Å²) in [6.07, 6.45) is 2.01. The molecule has 0 atom stereocenters. The zero-order valence-electron chi connectivity index (χ0n) is 12.9. The van der Waals surface area contributed by atoms with Crippen LogP contribution in [0.4, 0.5) is 5.69 Å². The summed E-state index contributed by atoms with van der Waals surface area (Å²) in [7, 11) is -3.98. The third-order valence-corrected chi connectivity index (χ3v) is 6.08. The molecule has 1 aromatic rings. The van der Waals surface area contributed by atoms with E-state index in [-0.39, 0.29) is 16.0 Å². The van der Waals surface area contributed by atoms with Gasteiger partial charge in [0.15, 0.2) is 4.90 Å². The Morgan fingerprint density at radius 3 is 2.61 bits per heavy atom. The topological polar surface area (TPSA) is 92.6 Å². The highest BCUT2D eigenvalue weighted by molar-refractivity contribution is 7.89. The van der Waals surface area contributed by atoms with Gasteiger partial charge in [-0.3, -0.25) is 10.1 Å². The van der Waals surface area contributed by atoms with Gasteiger partial charge in [0, 0.05) is 23.7 Å². The Morgan fingerprint density at radius 2 is 2.04 bits per heavy atom. The maximum atomic E-state index is 13.0. The SMILES string of the molecule is CCCN(C1CCNCC1)S(=O)(=O)c1cc(Cl)ccc1[N+](=O)[O-]. The Bertz CT molecular complexity index is 675. The molecule has 1 aliphatic rings. The number of nitro groups is 1. The molecule has 128 valence electrons. The number of sulfonamides is 1. The predicted octanol–water partition coefficient (Wildman–Crippen LogP) is 2.40. The first-order valence-electron chi connectivity index (χ1n) is 7.54. The van der Waals surface area contributed by atoms with E-state index in [0.717, 1.165) is 19.2 Å². The first-order chi connectivity index (χ1) is 10.9. The van der Waals surface area contributed by atoms with E-state index in [1.165, 1.54) is 16.4 Å². The first kappa shape index (κ1) is 18.1. The van der Waals surface area contributed by atoms with Gasteiger partial charge in [-0.1, -0.05) is 18.5 Å². The second-order valence-electron chi connectivity index (χ2n) is 5.47. The number of halogens is 1. The number of nitrogens with one attached hydrogen (secondary N) is 1. The second-order valence-corrected chi connectivity index (χ2v) is 7.76. The van der Waals surface area contributed by atoms with Gasteiger partial charge in [0.2, 0.25) is 10.0 Å². The lowest BCUT2D eigenvalue weighted by molar-refractivity contribution is -0.387. The quantitative estimate of drug-likeness (QED) is 0.620. The molecule has 2 rings (SSSR count). The van der Waals surface area contributed by atoms with E-state index in [2.05, 4.69) is 5.32 Å². The fourth-order valence-electron chi connectivity index (χ4n) is 2.79. The van der Waals surface area contributed by atoms with Crippen molar-refractivity contribution in [2.75, 3.05) is 19.6 Å². The van der Waals surface area contributed by atoms with Crippen LogP contribution in [0.5, 0.6) is 0 Å². The minimum atomic E-state index is -3.98. The maximum absolute atomic E-state index is 13.0. The van der Waals surface area contributed by atoms with E-state index in [9.17, 15) is 18.5 Å². The molecule has 0 bridgehead atoms. The summed E-state index contributed by atoms with van der Waals surface area (Å²) in [5, 5.41) is 14.6. The van der Waals surface area contributed by atoms with Gasteiger partial charge in [-0.15, -0.1) is 0 Å². The van der Waals surface area contributed by atoms with Crippen LogP contribution in [-0.2, 0) is 10.0 Å². The van der Waals surface area contributed by atoms with Gasteiger partial charge in [0.05, 0.1) is 4.92 Å². The van der Waals surface area contributed by atoms with Gasteiger partial charge in [-0.25, -0.2) is 8.42 Å². The van der Waals surface area contributed by atoms with Gasteiger partial charge >= 0.3 is 0 Å². The Morgan fingerprint density at radius 1 is 1.39 bits per heavy atom. The van der Waals surface area contributed by atoms with Crippen LogP contribution in [0.25, 0.3) is 0 Å². The number of hydrogen-bond donors (Lipinski definition) is 1. The molecule has 23 heavy (non-hydrogen) atoms. The molecule has 7 nitrogen and oxygen atoms in total. The zero-order chi connectivity index (χ0) is 17.0. The van der Waals surface area contributed by atoms with Crippen molar-refractivity contribution in [3.63, 3.8) is 0 Å². The lowest BCUT2D eigenvalue weighted by Crippen LogP contribution is -2.46. The Kier molecular flexibility index (Phi) is 5.96. The number of nitrogens with zero attached hydrogens (tertiary/aromatic N) is 2. The van der Waals surface area contributed by atoms with Crippen molar-refractivity contribution in [1.82, 2.24) is 9.62 Å². The molecule has 1 heterocycles. The van der Waals surface area contributed by atoms with Crippen molar-refractivity contribution in [3.05, 3.63) is 33.3 Å². The standard InChI is InChI=1S/C14H20ClN3O4S/c1-2-9-17(12-5-7-16-8-6-12)23(21,22)14-10-11(15)3-4-13(14)18(19)20/h3-4,10,12,16H,2,5-9H2,1H3. The van der Waals surface area contributed by atoms with Crippen molar-refractivity contribution < 1.29 is 13.3 Å². The van der Waals surface area contributed by atoms with Crippen molar-refractivity contribution in [2.45, 2.75) is 37.1 Å². The number of piperidine rings is 1. The molecule has 9 heteroatoms. The summed E-state index contributed by atoms with van der Waals surface area (Å²) in [5.74, 6) is 0. The van der Waals surface area contributed by atoms with Crippen LogP contribution < -0.4 is 5.32 Å².